The molecule has 1 saturated heterocycles. The van der Waals surface area contributed by atoms with Gasteiger partial charge in [-0.05, 0) is 44.0 Å². The molecule has 0 saturated carbocycles. The Kier molecular flexibility index (Phi) is 4.48. The zero-order valence-corrected chi connectivity index (χ0v) is 10.3. The van der Waals surface area contributed by atoms with Crippen molar-refractivity contribution in [3.8, 4) is 0 Å². The first kappa shape index (κ1) is 12.5. The van der Waals surface area contributed by atoms with Crippen LogP contribution in [-0.2, 0) is 0 Å². The Balaban J connectivity index is 1.88. The smallest absolute Gasteiger partial charge is 0.0573 e. The third-order valence-corrected chi connectivity index (χ3v) is 3.61. The number of hydrogen-bond acceptors (Lipinski definition) is 4. The summed E-state index contributed by atoms with van der Waals surface area (Å²) in [5.74, 6) is 0.555. The standard InChI is InChI=1S/C13H22N4/c14-6-10-17-8-4-11(5-9-17)13(15)12-3-1-2-7-16-12/h1-3,7,11,13H,4-6,8-10,14-15H2. The summed E-state index contributed by atoms with van der Waals surface area (Å²) in [6.07, 6.45) is 4.12. The molecule has 0 aromatic carbocycles. The van der Waals surface area contributed by atoms with E-state index in [1.807, 2.05) is 24.4 Å². The highest BCUT2D eigenvalue weighted by molar-refractivity contribution is 5.09. The molecular weight excluding hydrogens is 212 g/mol. The zero-order valence-electron chi connectivity index (χ0n) is 10.3. The Morgan fingerprint density at radius 1 is 1.35 bits per heavy atom. The molecule has 2 rings (SSSR count). The van der Waals surface area contributed by atoms with Crippen molar-refractivity contribution >= 4 is 0 Å². The molecule has 1 atom stereocenters. The minimum absolute atomic E-state index is 0.0798. The van der Waals surface area contributed by atoms with E-state index >= 15 is 0 Å². The van der Waals surface area contributed by atoms with Crippen LogP contribution in [0.1, 0.15) is 24.6 Å². The van der Waals surface area contributed by atoms with Gasteiger partial charge in [0.15, 0.2) is 0 Å². The molecule has 1 aromatic heterocycles. The maximum Gasteiger partial charge on any atom is 0.0573 e. The van der Waals surface area contributed by atoms with Crippen LogP contribution in [0.2, 0.25) is 0 Å². The SMILES string of the molecule is NCCN1CCC(C(N)c2ccccn2)CC1. The molecule has 1 aliphatic rings. The third-order valence-electron chi connectivity index (χ3n) is 3.61. The molecule has 2 heterocycles. The van der Waals surface area contributed by atoms with E-state index in [2.05, 4.69) is 9.88 Å². The average molecular weight is 234 g/mol. The number of nitrogens with two attached hydrogens (primary N) is 2. The fourth-order valence-corrected chi connectivity index (χ4v) is 2.53. The van der Waals surface area contributed by atoms with Crippen molar-refractivity contribution in [1.29, 1.82) is 0 Å². The molecule has 1 aliphatic heterocycles. The normalized spacial score (nSPS) is 20.4. The molecule has 4 N–H and O–H groups in total. The molecule has 0 spiro atoms. The van der Waals surface area contributed by atoms with Crippen LogP contribution in [0.15, 0.2) is 24.4 Å². The lowest BCUT2D eigenvalue weighted by Crippen LogP contribution is -2.39. The van der Waals surface area contributed by atoms with Crippen LogP contribution < -0.4 is 11.5 Å². The molecule has 0 bridgehead atoms. The van der Waals surface area contributed by atoms with Gasteiger partial charge in [0.25, 0.3) is 0 Å². The first-order valence-corrected chi connectivity index (χ1v) is 6.40. The van der Waals surface area contributed by atoms with Gasteiger partial charge in [-0.3, -0.25) is 4.98 Å². The number of rotatable bonds is 4. The van der Waals surface area contributed by atoms with Crippen LogP contribution >= 0.6 is 0 Å². The topological polar surface area (TPSA) is 68.2 Å². The maximum absolute atomic E-state index is 6.28. The van der Waals surface area contributed by atoms with Crippen LogP contribution in [0.4, 0.5) is 0 Å². The zero-order chi connectivity index (χ0) is 12.1. The van der Waals surface area contributed by atoms with E-state index in [1.54, 1.807) is 0 Å². The van der Waals surface area contributed by atoms with Crippen molar-refractivity contribution in [1.82, 2.24) is 9.88 Å². The Labute approximate surface area is 103 Å². The van der Waals surface area contributed by atoms with E-state index < -0.39 is 0 Å². The van der Waals surface area contributed by atoms with Crippen molar-refractivity contribution in [2.45, 2.75) is 18.9 Å². The van der Waals surface area contributed by atoms with Crippen molar-refractivity contribution in [3.63, 3.8) is 0 Å². The van der Waals surface area contributed by atoms with Gasteiger partial charge in [0.1, 0.15) is 0 Å². The summed E-state index contributed by atoms with van der Waals surface area (Å²) < 4.78 is 0. The summed E-state index contributed by atoms with van der Waals surface area (Å²) in [5, 5.41) is 0. The molecule has 1 fully saturated rings. The van der Waals surface area contributed by atoms with Gasteiger partial charge < -0.3 is 16.4 Å². The summed E-state index contributed by atoms with van der Waals surface area (Å²) in [7, 11) is 0. The predicted octanol–water partition coefficient (Wildman–Crippen LogP) is 0.752. The van der Waals surface area contributed by atoms with Gasteiger partial charge in [-0.1, -0.05) is 6.07 Å². The van der Waals surface area contributed by atoms with Crippen molar-refractivity contribution in [2.24, 2.45) is 17.4 Å². The number of pyridine rings is 1. The Morgan fingerprint density at radius 3 is 2.71 bits per heavy atom. The van der Waals surface area contributed by atoms with Crippen LogP contribution in [-0.4, -0.2) is 36.1 Å². The van der Waals surface area contributed by atoms with E-state index in [0.717, 1.165) is 44.7 Å². The second-order valence-corrected chi connectivity index (χ2v) is 4.75. The molecule has 0 radical (unpaired) electrons. The van der Waals surface area contributed by atoms with Gasteiger partial charge in [-0.15, -0.1) is 0 Å². The van der Waals surface area contributed by atoms with Gasteiger partial charge in [0.2, 0.25) is 0 Å². The second kappa shape index (κ2) is 6.10. The van der Waals surface area contributed by atoms with E-state index in [1.165, 1.54) is 0 Å². The lowest BCUT2D eigenvalue weighted by atomic mass is 9.88. The second-order valence-electron chi connectivity index (χ2n) is 4.75. The molecule has 1 aromatic rings. The van der Waals surface area contributed by atoms with E-state index in [9.17, 15) is 0 Å². The van der Waals surface area contributed by atoms with Crippen LogP contribution in [0.3, 0.4) is 0 Å². The van der Waals surface area contributed by atoms with Crippen molar-refractivity contribution in [3.05, 3.63) is 30.1 Å². The molecule has 94 valence electrons. The molecule has 0 amide bonds. The summed E-state index contributed by atoms with van der Waals surface area (Å²) in [5.41, 5.74) is 12.9. The first-order valence-electron chi connectivity index (χ1n) is 6.40. The highest BCUT2D eigenvalue weighted by atomic mass is 15.1. The molecule has 0 aliphatic carbocycles. The highest BCUT2D eigenvalue weighted by Gasteiger charge is 2.25. The summed E-state index contributed by atoms with van der Waals surface area (Å²) in [6, 6.07) is 6.04. The molecule has 4 heteroatoms. The van der Waals surface area contributed by atoms with E-state index in [-0.39, 0.29) is 6.04 Å². The number of likely N-dealkylation sites (tertiary alicyclic amines) is 1. The summed E-state index contributed by atoms with van der Waals surface area (Å²) >= 11 is 0. The largest absolute Gasteiger partial charge is 0.329 e. The fraction of sp³-hybridized carbons (Fsp3) is 0.615. The lowest BCUT2D eigenvalue weighted by molar-refractivity contribution is 0.172. The molecular formula is C13H22N4. The predicted molar refractivity (Wildman–Crippen MR) is 69.4 cm³/mol. The Hall–Kier alpha value is -0.970. The van der Waals surface area contributed by atoms with Gasteiger partial charge >= 0.3 is 0 Å². The Bertz CT molecular complexity index is 319. The first-order chi connectivity index (χ1) is 8.31. The Morgan fingerprint density at radius 2 is 2.12 bits per heavy atom. The summed E-state index contributed by atoms with van der Waals surface area (Å²) in [6.45, 7) is 3.98. The molecule has 1 unspecified atom stereocenters. The van der Waals surface area contributed by atoms with Crippen molar-refractivity contribution in [2.75, 3.05) is 26.2 Å². The van der Waals surface area contributed by atoms with Gasteiger partial charge in [-0.25, -0.2) is 0 Å². The quantitative estimate of drug-likeness (QED) is 0.807. The maximum atomic E-state index is 6.28. The van der Waals surface area contributed by atoms with Crippen LogP contribution in [0.25, 0.3) is 0 Å². The molecule has 17 heavy (non-hydrogen) atoms. The monoisotopic (exact) mass is 234 g/mol. The minimum Gasteiger partial charge on any atom is -0.329 e. The van der Waals surface area contributed by atoms with Gasteiger partial charge in [-0.2, -0.15) is 0 Å². The number of aromatic nitrogens is 1. The van der Waals surface area contributed by atoms with E-state index in [0.29, 0.717) is 5.92 Å². The highest BCUT2D eigenvalue weighted by Crippen LogP contribution is 2.27. The lowest BCUT2D eigenvalue weighted by Gasteiger charge is -2.34. The fourth-order valence-electron chi connectivity index (χ4n) is 2.53. The number of piperidine rings is 1. The average Bonchev–Trinajstić information content (AvgIpc) is 2.40. The third kappa shape index (κ3) is 3.25. The van der Waals surface area contributed by atoms with Crippen LogP contribution in [0, 0.1) is 5.92 Å². The summed E-state index contributed by atoms with van der Waals surface area (Å²) in [4.78, 5) is 6.77. The van der Waals surface area contributed by atoms with Gasteiger partial charge in [0, 0.05) is 25.3 Å². The van der Waals surface area contributed by atoms with Crippen LogP contribution in [0.5, 0.6) is 0 Å². The number of nitrogens with zero attached hydrogens (tertiary/aromatic N) is 2. The minimum atomic E-state index is 0.0798. The molecule has 4 nitrogen and oxygen atoms in total. The van der Waals surface area contributed by atoms with Crippen molar-refractivity contribution < 1.29 is 0 Å². The van der Waals surface area contributed by atoms with E-state index in [4.69, 9.17) is 11.5 Å². The number of hydrogen-bond donors (Lipinski definition) is 2. The van der Waals surface area contributed by atoms with Gasteiger partial charge in [0.05, 0.1) is 5.69 Å².